The van der Waals surface area contributed by atoms with Crippen molar-refractivity contribution in [1.82, 2.24) is 0 Å². The lowest BCUT2D eigenvalue weighted by atomic mass is 9.87. The molecule has 0 spiro atoms. The molecule has 0 heterocycles. The van der Waals surface area contributed by atoms with E-state index in [1.165, 1.54) is 6.92 Å². The number of fused-ring (bicyclic) bond motifs is 1. The largest absolute Gasteiger partial charge is 0.507 e. The van der Waals surface area contributed by atoms with E-state index >= 15 is 0 Å². The first-order chi connectivity index (χ1) is 7.86. The van der Waals surface area contributed by atoms with Crippen LogP contribution >= 0.6 is 0 Å². The van der Waals surface area contributed by atoms with Crippen LogP contribution in [0.2, 0.25) is 0 Å². The topological polar surface area (TPSA) is 115 Å². The Morgan fingerprint density at radius 1 is 0.882 bits per heavy atom. The van der Waals surface area contributed by atoms with Crippen LogP contribution in [-0.4, -0.2) is 32.0 Å². The predicted octanol–water partition coefficient (Wildman–Crippen LogP) is 0.858. The van der Waals surface area contributed by atoms with Gasteiger partial charge in [-0.15, -0.1) is 0 Å². The lowest BCUT2D eigenvalue weighted by molar-refractivity contribution is -0.111. The highest BCUT2D eigenvalue weighted by Crippen LogP contribution is 2.43. The molecule has 0 aliphatic heterocycles. The molecule has 88 valence electrons. The molecule has 0 saturated heterocycles. The number of allylic oxidation sites excluding steroid dienone is 1. The van der Waals surface area contributed by atoms with Crippen molar-refractivity contribution in [2.24, 2.45) is 0 Å². The van der Waals surface area contributed by atoms with Crippen LogP contribution in [-0.2, 0) is 4.79 Å². The van der Waals surface area contributed by atoms with Gasteiger partial charge in [-0.1, -0.05) is 0 Å². The zero-order valence-electron chi connectivity index (χ0n) is 8.68. The van der Waals surface area contributed by atoms with Crippen molar-refractivity contribution in [3.05, 3.63) is 22.8 Å². The molecule has 0 atom stereocenters. The summed E-state index contributed by atoms with van der Waals surface area (Å²) in [5.41, 5.74) is -1.15. The number of Topliss-reactive ketones (excluding diaryl/α,β-unsaturated/α-hetero) is 2. The van der Waals surface area contributed by atoms with Crippen molar-refractivity contribution < 1.29 is 30.0 Å². The van der Waals surface area contributed by atoms with Crippen LogP contribution in [0, 0.1) is 0 Å². The Kier molecular flexibility index (Phi) is 2.10. The number of hydrogen-bond acceptors (Lipinski definition) is 6. The summed E-state index contributed by atoms with van der Waals surface area (Å²) in [6, 6.07) is 0.779. The number of aliphatic hydroxyl groups is 1. The number of carbonyl (C=O) groups excluding carboxylic acids is 2. The van der Waals surface area contributed by atoms with E-state index in [0.717, 1.165) is 6.07 Å². The number of aliphatic hydroxyl groups excluding tert-OH is 1. The van der Waals surface area contributed by atoms with Crippen molar-refractivity contribution in [3.8, 4) is 17.2 Å². The number of phenolic OH excluding ortho intramolecular Hbond substituents is 3. The second-order valence-corrected chi connectivity index (χ2v) is 3.65. The summed E-state index contributed by atoms with van der Waals surface area (Å²) in [6.07, 6.45) is 0. The van der Waals surface area contributed by atoms with Gasteiger partial charge in [0, 0.05) is 11.6 Å². The molecule has 0 aromatic heterocycles. The lowest BCUT2D eigenvalue weighted by Crippen LogP contribution is -2.23. The van der Waals surface area contributed by atoms with Gasteiger partial charge in [0.25, 0.3) is 0 Å². The van der Waals surface area contributed by atoms with Gasteiger partial charge in [0.2, 0.25) is 11.6 Å². The summed E-state index contributed by atoms with van der Waals surface area (Å²) >= 11 is 0. The van der Waals surface area contributed by atoms with Crippen molar-refractivity contribution in [3.63, 3.8) is 0 Å². The summed E-state index contributed by atoms with van der Waals surface area (Å²) in [4.78, 5) is 23.1. The Balaban J connectivity index is 2.95. The van der Waals surface area contributed by atoms with Crippen LogP contribution < -0.4 is 0 Å². The number of hydrogen-bond donors (Lipinski definition) is 4. The number of phenols is 3. The van der Waals surface area contributed by atoms with Crippen molar-refractivity contribution in [1.29, 1.82) is 0 Å². The minimum absolute atomic E-state index is 0.220. The molecular weight excluding hydrogens is 228 g/mol. The highest BCUT2D eigenvalue weighted by molar-refractivity contribution is 6.52. The normalized spacial score (nSPS) is 15.1. The van der Waals surface area contributed by atoms with Crippen LogP contribution in [0.5, 0.6) is 17.2 Å². The molecule has 0 bridgehead atoms. The average molecular weight is 236 g/mol. The lowest BCUT2D eigenvalue weighted by Gasteiger charge is -2.18. The van der Waals surface area contributed by atoms with Gasteiger partial charge in [0.15, 0.2) is 11.5 Å². The summed E-state index contributed by atoms with van der Waals surface area (Å²) in [5.74, 6) is -4.83. The molecule has 0 radical (unpaired) electrons. The predicted molar refractivity (Wildman–Crippen MR) is 56.0 cm³/mol. The second kappa shape index (κ2) is 3.24. The SMILES string of the molecule is CC1=C(O)c2c(O)cc(O)c(O)c2C(=O)C1=O. The van der Waals surface area contributed by atoms with Crippen molar-refractivity contribution in [2.45, 2.75) is 6.92 Å². The minimum atomic E-state index is -1.08. The van der Waals surface area contributed by atoms with Crippen LogP contribution in [0.3, 0.4) is 0 Å². The molecule has 0 fully saturated rings. The standard InChI is InChI=1S/C11H8O6/c1-3-8(14)6-4(12)2-5(13)10(16)7(6)11(17)9(3)15/h2,12-14,16H,1H3. The fourth-order valence-electron chi connectivity index (χ4n) is 1.68. The van der Waals surface area contributed by atoms with Gasteiger partial charge < -0.3 is 20.4 Å². The smallest absolute Gasteiger partial charge is 0.238 e. The minimum Gasteiger partial charge on any atom is -0.507 e. The maximum absolute atomic E-state index is 11.6. The zero-order chi connectivity index (χ0) is 12.9. The molecule has 0 unspecified atom stereocenters. The zero-order valence-corrected chi connectivity index (χ0v) is 8.68. The third kappa shape index (κ3) is 1.27. The van der Waals surface area contributed by atoms with E-state index in [0.29, 0.717) is 0 Å². The Labute approximate surface area is 95.1 Å². The summed E-state index contributed by atoms with van der Waals surface area (Å²) in [5, 5.41) is 37.9. The van der Waals surface area contributed by atoms with E-state index in [1.54, 1.807) is 0 Å². The molecule has 1 aromatic rings. The molecule has 0 amide bonds. The number of carbonyl (C=O) groups is 2. The van der Waals surface area contributed by atoms with Crippen molar-refractivity contribution in [2.75, 3.05) is 0 Å². The highest BCUT2D eigenvalue weighted by atomic mass is 16.3. The maximum Gasteiger partial charge on any atom is 0.238 e. The molecule has 2 rings (SSSR count). The number of rotatable bonds is 0. The van der Waals surface area contributed by atoms with E-state index in [9.17, 15) is 30.0 Å². The van der Waals surface area contributed by atoms with Gasteiger partial charge in [0.1, 0.15) is 11.5 Å². The molecule has 1 aromatic carbocycles. The van der Waals surface area contributed by atoms with E-state index < -0.39 is 40.1 Å². The van der Waals surface area contributed by atoms with E-state index in [-0.39, 0.29) is 11.1 Å². The first-order valence-electron chi connectivity index (χ1n) is 4.63. The Morgan fingerprint density at radius 2 is 1.47 bits per heavy atom. The third-order valence-corrected chi connectivity index (χ3v) is 2.62. The third-order valence-electron chi connectivity index (χ3n) is 2.62. The Bertz CT molecular complexity index is 596. The van der Waals surface area contributed by atoms with Crippen LogP contribution in [0.25, 0.3) is 5.76 Å². The summed E-state index contributed by atoms with van der Waals surface area (Å²) in [6.45, 7) is 1.22. The van der Waals surface area contributed by atoms with E-state index in [4.69, 9.17) is 0 Å². The van der Waals surface area contributed by atoms with E-state index in [1.807, 2.05) is 0 Å². The maximum atomic E-state index is 11.6. The first kappa shape index (κ1) is 11.0. The highest BCUT2D eigenvalue weighted by Gasteiger charge is 2.36. The van der Waals surface area contributed by atoms with Gasteiger partial charge in [-0.3, -0.25) is 9.59 Å². The average Bonchev–Trinajstić information content (AvgIpc) is 2.28. The fourth-order valence-corrected chi connectivity index (χ4v) is 1.68. The first-order valence-corrected chi connectivity index (χ1v) is 4.63. The van der Waals surface area contributed by atoms with Crippen LogP contribution in [0.1, 0.15) is 22.8 Å². The second-order valence-electron chi connectivity index (χ2n) is 3.65. The van der Waals surface area contributed by atoms with Gasteiger partial charge in [-0.2, -0.15) is 0 Å². The fraction of sp³-hybridized carbons (Fsp3) is 0.0909. The summed E-state index contributed by atoms with van der Waals surface area (Å²) in [7, 11) is 0. The van der Waals surface area contributed by atoms with E-state index in [2.05, 4.69) is 0 Å². The molecule has 1 aliphatic rings. The number of aromatic hydroxyl groups is 3. The molecule has 17 heavy (non-hydrogen) atoms. The monoisotopic (exact) mass is 236 g/mol. The molecule has 4 N–H and O–H groups in total. The summed E-state index contributed by atoms with van der Waals surface area (Å²) < 4.78 is 0. The molecule has 1 aliphatic carbocycles. The molecule has 6 nitrogen and oxygen atoms in total. The molecule has 6 heteroatoms. The van der Waals surface area contributed by atoms with Crippen LogP contribution in [0.15, 0.2) is 11.6 Å². The molecule has 0 saturated carbocycles. The number of benzene rings is 1. The Morgan fingerprint density at radius 3 is 2.06 bits per heavy atom. The van der Waals surface area contributed by atoms with Crippen molar-refractivity contribution >= 4 is 17.3 Å². The van der Waals surface area contributed by atoms with Gasteiger partial charge in [0.05, 0.1) is 11.1 Å². The quantitative estimate of drug-likeness (QED) is 0.301. The van der Waals surface area contributed by atoms with Crippen LogP contribution in [0.4, 0.5) is 0 Å². The van der Waals surface area contributed by atoms with Gasteiger partial charge in [-0.25, -0.2) is 0 Å². The molecular formula is C11H8O6. The van der Waals surface area contributed by atoms with Gasteiger partial charge in [-0.05, 0) is 6.92 Å². The Hall–Kier alpha value is -2.50. The van der Waals surface area contributed by atoms with Gasteiger partial charge >= 0.3 is 0 Å². The number of ketones is 2.